The molecule has 0 unspecified atom stereocenters. The van der Waals surface area contributed by atoms with Gasteiger partial charge in [0.2, 0.25) is 5.91 Å². The maximum atomic E-state index is 12.0. The number of carbonyl (C=O) groups is 2. The smallest absolute Gasteiger partial charge is 0.267 e. The fraction of sp³-hybridized carbons (Fsp3) is 0.0833. The normalized spacial score (nSPS) is 10.2. The van der Waals surface area contributed by atoms with Crippen molar-refractivity contribution in [1.82, 2.24) is 4.98 Å². The van der Waals surface area contributed by atoms with Gasteiger partial charge in [0.1, 0.15) is 4.88 Å². The van der Waals surface area contributed by atoms with Crippen molar-refractivity contribution in [2.45, 2.75) is 6.92 Å². The van der Waals surface area contributed by atoms with Gasteiger partial charge in [0.15, 0.2) is 5.13 Å². The van der Waals surface area contributed by atoms with Crippen LogP contribution in [0.4, 0.5) is 10.8 Å². The summed E-state index contributed by atoms with van der Waals surface area (Å²) < 4.78 is 0. The van der Waals surface area contributed by atoms with Crippen LogP contribution in [0.5, 0.6) is 0 Å². The van der Waals surface area contributed by atoms with Crippen molar-refractivity contribution in [1.29, 1.82) is 0 Å². The Balaban J connectivity index is 2.15. The molecule has 0 saturated carbocycles. The Labute approximate surface area is 113 Å². The number of anilines is 2. The Morgan fingerprint density at radius 3 is 2.37 bits per heavy atom. The standard InChI is InChI=1S/C12H12N4O2S/c1-6-9(19-12(14)15-6)11(18)16-8-4-2-7(3-5-8)10(13)17/h2-5H,1H3,(H2,13,17)(H2,14,15)(H,16,18). The lowest BCUT2D eigenvalue weighted by atomic mass is 10.2. The lowest BCUT2D eigenvalue weighted by Gasteiger charge is -2.04. The van der Waals surface area contributed by atoms with Crippen LogP contribution < -0.4 is 16.8 Å². The van der Waals surface area contributed by atoms with E-state index in [2.05, 4.69) is 10.3 Å². The fourth-order valence-electron chi connectivity index (χ4n) is 1.53. The minimum Gasteiger partial charge on any atom is -0.375 e. The third-order valence-electron chi connectivity index (χ3n) is 2.45. The van der Waals surface area contributed by atoms with Crippen LogP contribution in [-0.2, 0) is 0 Å². The van der Waals surface area contributed by atoms with E-state index in [4.69, 9.17) is 11.5 Å². The summed E-state index contributed by atoms with van der Waals surface area (Å²) in [5, 5.41) is 3.06. The zero-order valence-corrected chi connectivity index (χ0v) is 11.0. The molecule has 0 aliphatic rings. The number of amides is 2. The number of nitrogen functional groups attached to an aromatic ring is 1. The third kappa shape index (κ3) is 2.89. The number of aryl methyl sites for hydroxylation is 1. The number of benzene rings is 1. The van der Waals surface area contributed by atoms with E-state index in [0.29, 0.717) is 27.0 Å². The summed E-state index contributed by atoms with van der Waals surface area (Å²) in [6, 6.07) is 6.31. The van der Waals surface area contributed by atoms with Crippen molar-refractivity contribution in [3.8, 4) is 0 Å². The minimum absolute atomic E-state index is 0.279. The highest BCUT2D eigenvalue weighted by molar-refractivity contribution is 7.17. The van der Waals surface area contributed by atoms with Gasteiger partial charge in [-0.05, 0) is 31.2 Å². The molecule has 0 spiro atoms. The predicted molar refractivity (Wildman–Crippen MR) is 74.2 cm³/mol. The monoisotopic (exact) mass is 276 g/mol. The topological polar surface area (TPSA) is 111 Å². The molecule has 5 N–H and O–H groups in total. The van der Waals surface area contributed by atoms with Gasteiger partial charge in [-0.1, -0.05) is 11.3 Å². The molecular formula is C12H12N4O2S. The third-order valence-corrected chi connectivity index (χ3v) is 3.43. The summed E-state index contributed by atoms with van der Waals surface area (Å²) in [6.07, 6.45) is 0. The van der Waals surface area contributed by atoms with Gasteiger partial charge in [-0.2, -0.15) is 0 Å². The molecule has 0 radical (unpaired) electrons. The average Bonchev–Trinajstić information content (AvgIpc) is 2.69. The largest absolute Gasteiger partial charge is 0.375 e. The molecule has 0 aliphatic carbocycles. The first-order chi connectivity index (χ1) is 8.97. The lowest BCUT2D eigenvalue weighted by molar-refractivity contribution is 0.0998. The first-order valence-corrected chi connectivity index (χ1v) is 6.23. The van der Waals surface area contributed by atoms with Crippen LogP contribution in [-0.4, -0.2) is 16.8 Å². The second-order valence-electron chi connectivity index (χ2n) is 3.86. The molecule has 0 aliphatic heterocycles. The van der Waals surface area contributed by atoms with Crippen LogP contribution in [0.15, 0.2) is 24.3 Å². The molecule has 7 heteroatoms. The average molecular weight is 276 g/mol. The van der Waals surface area contributed by atoms with E-state index in [1.165, 1.54) is 0 Å². The molecule has 19 heavy (non-hydrogen) atoms. The fourth-order valence-corrected chi connectivity index (χ4v) is 2.26. The van der Waals surface area contributed by atoms with Crippen molar-refractivity contribution in [3.63, 3.8) is 0 Å². The highest BCUT2D eigenvalue weighted by atomic mass is 32.1. The summed E-state index contributed by atoms with van der Waals surface area (Å²) in [6.45, 7) is 1.72. The van der Waals surface area contributed by atoms with Crippen molar-refractivity contribution in [3.05, 3.63) is 40.4 Å². The molecule has 2 aromatic rings. The molecule has 2 rings (SSSR count). The Hall–Kier alpha value is -2.41. The molecule has 6 nitrogen and oxygen atoms in total. The van der Waals surface area contributed by atoms with E-state index >= 15 is 0 Å². The van der Waals surface area contributed by atoms with Crippen molar-refractivity contribution < 1.29 is 9.59 Å². The molecule has 1 aromatic heterocycles. The molecule has 0 fully saturated rings. The van der Waals surface area contributed by atoms with Gasteiger partial charge >= 0.3 is 0 Å². The van der Waals surface area contributed by atoms with Crippen LogP contribution in [0.25, 0.3) is 0 Å². The van der Waals surface area contributed by atoms with Gasteiger partial charge in [-0.3, -0.25) is 9.59 Å². The summed E-state index contributed by atoms with van der Waals surface area (Å²) >= 11 is 1.13. The summed E-state index contributed by atoms with van der Waals surface area (Å²) in [7, 11) is 0. The molecule has 98 valence electrons. The first kappa shape index (κ1) is 13.0. The summed E-state index contributed by atoms with van der Waals surface area (Å²) in [4.78, 5) is 27.4. The number of aromatic nitrogens is 1. The number of thiazole rings is 1. The Bertz CT molecular complexity index is 634. The van der Waals surface area contributed by atoms with Crippen molar-refractivity contribution >= 4 is 34.0 Å². The van der Waals surface area contributed by atoms with E-state index in [9.17, 15) is 9.59 Å². The number of hydrogen-bond donors (Lipinski definition) is 3. The Morgan fingerprint density at radius 1 is 1.26 bits per heavy atom. The maximum absolute atomic E-state index is 12.0. The number of nitrogens with two attached hydrogens (primary N) is 2. The zero-order chi connectivity index (χ0) is 14.0. The Morgan fingerprint density at radius 2 is 1.89 bits per heavy atom. The van der Waals surface area contributed by atoms with E-state index in [0.717, 1.165) is 11.3 Å². The number of primary amides is 1. The van der Waals surface area contributed by atoms with Gasteiger partial charge in [-0.15, -0.1) is 0 Å². The SMILES string of the molecule is Cc1nc(N)sc1C(=O)Nc1ccc(C(N)=O)cc1. The van der Waals surface area contributed by atoms with Gasteiger partial charge in [-0.25, -0.2) is 4.98 Å². The summed E-state index contributed by atoms with van der Waals surface area (Å²) in [5.41, 5.74) is 12.2. The second kappa shape index (κ2) is 5.07. The number of nitrogens with one attached hydrogen (secondary N) is 1. The van der Waals surface area contributed by atoms with Crippen LogP contribution in [0.1, 0.15) is 25.7 Å². The van der Waals surface area contributed by atoms with Crippen LogP contribution >= 0.6 is 11.3 Å². The van der Waals surface area contributed by atoms with Gasteiger partial charge in [0.25, 0.3) is 5.91 Å². The highest BCUT2D eigenvalue weighted by Gasteiger charge is 2.14. The number of rotatable bonds is 3. The molecule has 0 atom stereocenters. The second-order valence-corrected chi connectivity index (χ2v) is 4.89. The Kier molecular flexibility index (Phi) is 3.48. The first-order valence-electron chi connectivity index (χ1n) is 5.41. The number of nitrogens with zero attached hydrogens (tertiary/aromatic N) is 1. The van der Waals surface area contributed by atoms with Crippen molar-refractivity contribution in [2.75, 3.05) is 11.1 Å². The lowest BCUT2D eigenvalue weighted by Crippen LogP contribution is -2.13. The quantitative estimate of drug-likeness (QED) is 0.786. The van der Waals surface area contributed by atoms with Gasteiger partial charge < -0.3 is 16.8 Å². The van der Waals surface area contributed by atoms with Crippen molar-refractivity contribution in [2.24, 2.45) is 5.73 Å². The highest BCUT2D eigenvalue weighted by Crippen LogP contribution is 2.21. The predicted octanol–water partition coefficient (Wildman–Crippen LogP) is 1.38. The van der Waals surface area contributed by atoms with E-state index in [-0.39, 0.29) is 5.91 Å². The van der Waals surface area contributed by atoms with E-state index in [1.54, 1.807) is 31.2 Å². The van der Waals surface area contributed by atoms with Gasteiger partial charge in [0, 0.05) is 11.3 Å². The van der Waals surface area contributed by atoms with Gasteiger partial charge in [0.05, 0.1) is 5.69 Å². The number of carbonyl (C=O) groups excluding carboxylic acids is 2. The molecule has 1 heterocycles. The molecule has 2 amide bonds. The maximum Gasteiger partial charge on any atom is 0.267 e. The van der Waals surface area contributed by atoms with Crippen LogP contribution in [0.2, 0.25) is 0 Å². The van der Waals surface area contributed by atoms with Crippen LogP contribution in [0.3, 0.4) is 0 Å². The minimum atomic E-state index is -0.510. The molecule has 0 saturated heterocycles. The zero-order valence-electron chi connectivity index (χ0n) is 10.1. The summed E-state index contributed by atoms with van der Waals surface area (Å²) in [5.74, 6) is -0.789. The van der Waals surface area contributed by atoms with E-state index < -0.39 is 5.91 Å². The molecular weight excluding hydrogens is 264 g/mol. The molecule has 1 aromatic carbocycles. The van der Waals surface area contributed by atoms with Crippen LogP contribution in [0, 0.1) is 6.92 Å². The number of hydrogen-bond acceptors (Lipinski definition) is 5. The van der Waals surface area contributed by atoms with E-state index in [1.807, 2.05) is 0 Å². The molecule has 0 bridgehead atoms.